The Morgan fingerprint density at radius 3 is 2.46 bits per heavy atom. The molecule has 0 spiro atoms. The first kappa shape index (κ1) is 18.4. The van der Waals surface area contributed by atoms with Crippen LogP contribution in [0.1, 0.15) is 49.3 Å². The van der Waals surface area contributed by atoms with Crippen LogP contribution in [0.4, 0.5) is 0 Å². The van der Waals surface area contributed by atoms with Gasteiger partial charge in [-0.05, 0) is 45.2 Å². The molecule has 1 saturated heterocycles. The molecule has 0 aromatic carbocycles. The summed E-state index contributed by atoms with van der Waals surface area (Å²) >= 11 is 0. The van der Waals surface area contributed by atoms with Gasteiger partial charge in [-0.15, -0.1) is 0 Å². The highest BCUT2D eigenvalue weighted by atomic mass is 32.2. The predicted octanol–water partition coefficient (Wildman–Crippen LogP) is 0.885. The van der Waals surface area contributed by atoms with Gasteiger partial charge in [0, 0.05) is 12.1 Å². The zero-order chi connectivity index (χ0) is 17.9. The van der Waals surface area contributed by atoms with Gasteiger partial charge >= 0.3 is 0 Å². The number of rotatable bonds is 5. The van der Waals surface area contributed by atoms with Crippen LogP contribution >= 0.6 is 0 Å². The summed E-state index contributed by atoms with van der Waals surface area (Å²) in [5.41, 5.74) is 5.36. The highest BCUT2D eigenvalue weighted by Gasteiger charge is 2.31. The van der Waals surface area contributed by atoms with Crippen molar-refractivity contribution in [2.75, 3.05) is 5.75 Å². The number of amides is 2. The molecule has 8 heteroatoms. The Labute approximate surface area is 142 Å². The number of carbonyl (C=O) groups excluding carboxylic acids is 2. The van der Waals surface area contributed by atoms with Crippen LogP contribution in [-0.4, -0.2) is 48.0 Å². The van der Waals surface area contributed by atoms with E-state index in [9.17, 15) is 18.0 Å². The average Bonchev–Trinajstić information content (AvgIpc) is 2.46. The molecule has 0 unspecified atom stereocenters. The summed E-state index contributed by atoms with van der Waals surface area (Å²) in [6.45, 7) is 3.89. The van der Waals surface area contributed by atoms with Crippen LogP contribution in [0, 0.1) is 0 Å². The number of primary amides is 1. The lowest BCUT2D eigenvalue weighted by atomic mass is 9.98. The van der Waals surface area contributed by atoms with Gasteiger partial charge < -0.3 is 10.6 Å². The second-order valence-corrected chi connectivity index (χ2v) is 8.41. The third-order valence-corrected chi connectivity index (χ3v) is 5.67. The van der Waals surface area contributed by atoms with Crippen LogP contribution in [0.3, 0.4) is 0 Å². The second-order valence-electron chi connectivity index (χ2n) is 6.34. The van der Waals surface area contributed by atoms with E-state index in [0.717, 1.165) is 19.3 Å². The van der Waals surface area contributed by atoms with Gasteiger partial charge in [0.1, 0.15) is 11.4 Å². The number of sulfone groups is 1. The molecule has 0 bridgehead atoms. The standard InChI is InChI=1S/C16H23N3O4S/c1-11-5-3-6-12(2)19(11)15(20)10-24(22,23)9-13-7-4-8-14(18-13)16(17)21/h4,7-8,11-12H,3,5-6,9-10H2,1-2H3,(H2,17,21)/t11-,12-/m1/s1. The average molecular weight is 353 g/mol. The quantitative estimate of drug-likeness (QED) is 0.845. The van der Waals surface area contributed by atoms with E-state index >= 15 is 0 Å². The summed E-state index contributed by atoms with van der Waals surface area (Å²) < 4.78 is 24.7. The first-order valence-electron chi connectivity index (χ1n) is 7.97. The van der Waals surface area contributed by atoms with Crippen molar-refractivity contribution in [2.24, 2.45) is 5.73 Å². The van der Waals surface area contributed by atoms with Gasteiger partial charge in [-0.2, -0.15) is 0 Å². The van der Waals surface area contributed by atoms with Gasteiger partial charge in [0.15, 0.2) is 9.84 Å². The van der Waals surface area contributed by atoms with Crippen molar-refractivity contribution in [3.63, 3.8) is 0 Å². The maximum absolute atomic E-state index is 12.5. The van der Waals surface area contributed by atoms with E-state index in [1.165, 1.54) is 18.2 Å². The van der Waals surface area contributed by atoms with Crippen molar-refractivity contribution in [1.82, 2.24) is 9.88 Å². The number of nitrogens with two attached hydrogens (primary N) is 1. The molecule has 1 aliphatic rings. The molecule has 2 amide bonds. The molecule has 24 heavy (non-hydrogen) atoms. The van der Waals surface area contributed by atoms with Crippen LogP contribution in [0.15, 0.2) is 18.2 Å². The summed E-state index contributed by atoms with van der Waals surface area (Å²) in [5.74, 6) is -2.04. The number of piperidine rings is 1. The molecule has 2 heterocycles. The lowest BCUT2D eigenvalue weighted by Crippen LogP contribution is -2.49. The number of hydrogen-bond donors (Lipinski definition) is 1. The molecule has 2 atom stereocenters. The summed E-state index contributed by atoms with van der Waals surface area (Å²) in [6.07, 6.45) is 2.82. The van der Waals surface area contributed by atoms with Gasteiger partial charge in [0.05, 0.1) is 11.4 Å². The van der Waals surface area contributed by atoms with Crippen molar-refractivity contribution < 1.29 is 18.0 Å². The van der Waals surface area contributed by atoms with E-state index in [1.807, 2.05) is 13.8 Å². The Bertz CT molecular complexity index is 723. The normalized spacial score (nSPS) is 21.5. The monoisotopic (exact) mass is 353 g/mol. The molecule has 2 N–H and O–H groups in total. The third-order valence-electron chi connectivity index (χ3n) is 4.25. The van der Waals surface area contributed by atoms with E-state index in [2.05, 4.69) is 4.98 Å². The molecule has 132 valence electrons. The summed E-state index contributed by atoms with van der Waals surface area (Å²) in [6, 6.07) is 4.54. The van der Waals surface area contributed by atoms with E-state index in [0.29, 0.717) is 0 Å². The van der Waals surface area contributed by atoms with Crippen molar-refractivity contribution >= 4 is 21.7 Å². The van der Waals surface area contributed by atoms with E-state index < -0.39 is 27.3 Å². The van der Waals surface area contributed by atoms with Gasteiger partial charge in [-0.25, -0.2) is 13.4 Å². The predicted molar refractivity (Wildman–Crippen MR) is 89.9 cm³/mol. The largest absolute Gasteiger partial charge is 0.364 e. The Kier molecular flexibility index (Phi) is 5.58. The summed E-state index contributed by atoms with van der Waals surface area (Å²) in [7, 11) is -3.68. The lowest BCUT2D eigenvalue weighted by Gasteiger charge is -2.39. The fourth-order valence-electron chi connectivity index (χ4n) is 3.15. The number of hydrogen-bond acceptors (Lipinski definition) is 5. The Morgan fingerprint density at radius 2 is 1.88 bits per heavy atom. The molecule has 7 nitrogen and oxygen atoms in total. The number of pyridine rings is 1. The van der Waals surface area contributed by atoms with Gasteiger partial charge in [-0.1, -0.05) is 6.07 Å². The van der Waals surface area contributed by atoms with Crippen molar-refractivity contribution in [3.05, 3.63) is 29.6 Å². The molecule has 0 saturated carbocycles. The van der Waals surface area contributed by atoms with Crippen LogP contribution in [-0.2, 0) is 20.4 Å². The molecular formula is C16H23N3O4S. The Morgan fingerprint density at radius 1 is 1.25 bits per heavy atom. The topological polar surface area (TPSA) is 110 Å². The van der Waals surface area contributed by atoms with Crippen molar-refractivity contribution in [2.45, 2.75) is 50.9 Å². The Balaban J connectivity index is 2.09. The van der Waals surface area contributed by atoms with Crippen LogP contribution in [0.2, 0.25) is 0 Å². The number of likely N-dealkylation sites (tertiary alicyclic amines) is 1. The van der Waals surface area contributed by atoms with Crippen LogP contribution in [0.25, 0.3) is 0 Å². The van der Waals surface area contributed by atoms with Crippen molar-refractivity contribution in [1.29, 1.82) is 0 Å². The summed E-state index contributed by atoms with van der Waals surface area (Å²) in [5, 5.41) is 0. The fourth-order valence-corrected chi connectivity index (χ4v) is 4.39. The molecule has 0 radical (unpaired) electrons. The maximum atomic E-state index is 12.5. The first-order valence-corrected chi connectivity index (χ1v) is 9.79. The molecule has 1 aliphatic heterocycles. The molecule has 1 aromatic heterocycles. The molecule has 1 fully saturated rings. The van der Waals surface area contributed by atoms with Crippen LogP contribution < -0.4 is 5.73 Å². The number of aromatic nitrogens is 1. The minimum Gasteiger partial charge on any atom is -0.364 e. The fraction of sp³-hybridized carbons (Fsp3) is 0.562. The first-order chi connectivity index (χ1) is 11.2. The van der Waals surface area contributed by atoms with Gasteiger partial charge in [0.2, 0.25) is 5.91 Å². The lowest BCUT2D eigenvalue weighted by molar-refractivity contribution is -0.134. The molecular weight excluding hydrogens is 330 g/mol. The Hall–Kier alpha value is -1.96. The number of carbonyl (C=O) groups is 2. The zero-order valence-corrected chi connectivity index (χ0v) is 14.8. The third kappa shape index (κ3) is 4.53. The van der Waals surface area contributed by atoms with E-state index in [4.69, 9.17) is 5.73 Å². The van der Waals surface area contributed by atoms with Gasteiger partial charge in [0.25, 0.3) is 5.91 Å². The van der Waals surface area contributed by atoms with Gasteiger partial charge in [-0.3, -0.25) is 9.59 Å². The summed E-state index contributed by atoms with van der Waals surface area (Å²) in [4.78, 5) is 29.2. The van der Waals surface area contributed by atoms with Crippen LogP contribution in [0.5, 0.6) is 0 Å². The van der Waals surface area contributed by atoms with E-state index in [1.54, 1.807) is 4.90 Å². The highest BCUT2D eigenvalue weighted by molar-refractivity contribution is 7.91. The maximum Gasteiger partial charge on any atom is 0.267 e. The van der Waals surface area contributed by atoms with E-state index in [-0.39, 0.29) is 29.4 Å². The molecule has 2 rings (SSSR count). The number of nitrogens with zero attached hydrogens (tertiary/aromatic N) is 2. The van der Waals surface area contributed by atoms with Crippen molar-refractivity contribution in [3.8, 4) is 0 Å². The zero-order valence-electron chi connectivity index (χ0n) is 13.9. The highest BCUT2D eigenvalue weighted by Crippen LogP contribution is 2.23. The second kappa shape index (κ2) is 7.29. The SMILES string of the molecule is C[C@@H]1CCC[C@@H](C)N1C(=O)CS(=O)(=O)Cc1cccc(C(N)=O)n1. The minimum atomic E-state index is -3.68. The molecule has 1 aromatic rings. The molecule has 0 aliphatic carbocycles. The minimum absolute atomic E-state index is 0.00676. The smallest absolute Gasteiger partial charge is 0.267 e.